The lowest BCUT2D eigenvalue weighted by molar-refractivity contribution is -0.137. The average molecular weight is 365 g/mol. The Morgan fingerprint density at radius 3 is 2.71 bits per heavy atom. The summed E-state index contributed by atoms with van der Waals surface area (Å²) >= 11 is 6.00. The quantitative estimate of drug-likeness (QED) is 0.891. The van der Waals surface area contributed by atoms with E-state index < -0.39 is 11.7 Å². The van der Waals surface area contributed by atoms with Crippen LogP contribution in [0.5, 0.6) is 0 Å². The number of anilines is 1. The average Bonchev–Trinajstić information content (AvgIpc) is 2.72. The van der Waals surface area contributed by atoms with Crippen LogP contribution in [0, 0.1) is 0 Å². The molecule has 0 radical (unpaired) electrons. The van der Waals surface area contributed by atoms with E-state index in [0.29, 0.717) is 38.5 Å². The van der Waals surface area contributed by atoms with E-state index in [1.54, 1.807) is 0 Å². The molecule has 0 saturated carbocycles. The van der Waals surface area contributed by atoms with Crippen molar-refractivity contribution in [3.63, 3.8) is 0 Å². The van der Waals surface area contributed by atoms with E-state index in [2.05, 4.69) is 10.3 Å². The summed E-state index contributed by atoms with van der Waals surface area (Å²) in [5.74, 6) is 0.321. The lowest BCUT2D eigenvalue weighted by Gasteiger charge is -2.23. The Hall–Kier alpha value is -1.54. The zero-order valence-electron chi connectivity index (χ0n) is 13.4. The molecule has 134 valence electrons. The van der Waals surface area contributed by atoms with Gasteiger partial charge in [0.25, 0.3) is 0 Å². The normalized spacial score (nSPS) is 16.8. The number of amides is 1. The van der Waals surface area contributed by atoms with Gasteiger partial charge in [-0.25, -0.2) is 4.98 Å². The fraction of sp³-hybridized carbons (Fsp3) is 0.600. The molecule has 0 spiro atoms. The van der Waals surface area contributed by atoms with Crippen molar-refractivity contribution in [3.05, 3.63) is 22.8 Å². The Labute approximate surface area is 143 Å². The number of nitrogens with zero attached hydrogens (tertiary/aromatic N) is 3. The number of aromatic nitrogens is 1. The zero-order chi connectivity index (χ0) is 17.7. The molecule has 0 bridgehead atoms. The predicted molar refractivity (Wildman–Crippen MR) is 86.2 cm³/mol. The van der Waals surface area contributed by atoms with Gasteiger partial charge in [0.1, 0.15) is 5.82 Å². The molecule has 1 aliphatic heterocycles. The van der Waals surface area contributed by atoms with Crippen molar-refractivity contribution in [1.29, 1.82) is 0 Å². The van der Waals surface area contributed by atoms with Crippen LogP contribution in [0.3, 0.4) is 0 Å². The third kappa shape index (κ3) is 4.98. The molecule has 1 aromatic rings. The minimum absolute atomic E-state index is 0.0120. The molecule has 1 aromatic heterocycles. The van der Waals surface area contributed by atoms with Crippen molar-refractivity contribution in [2.75, 3.05) is 44.2 Å². The topological polar surface area (TPSA) is 48.5 Å². The van der Waals surface area contributed by atoms with Crippen LogP contribution in [-0.4, -0.2) is 55.1 Å². The molecule has 1 amide bonds. The molecule has 0 unspecified atom stereocenters. The molecule has 24 heavy (non-hydrogen) atoms. The summed E-state index contributed by atoms with van der Waals surface area (Å²) in [7, 11) is 0. The highest BCUT2D eigenvalue weighted by atomic mass is 35.5. The molecule has 1 fully saturated rings. The Bertz CT molecular complexity index is 582. The van der Waals surface area contributed by atoms with Gasteiger partial charge < -0.3 is 10.2 Å². The van der Waals surface area contributed by atoms with Crippen LogP contribution >= 0.6 is 11.6 Å². The third-order valence-corrected chi connectivity index (χ3v) is 4.06. The van der Waals surface area contributed by atoms with E-state index in [0.717, 1.165) is 25.2 Å². The fourth-order valence-corrected chi connectivity index (χ4v) is 2.90. The first-order valence-corrected chi connectivity index (χ1v) is 8.15. The molecule has 2 rings (SSSR count). The number of carbonyl (C=O) groups excluding carboxylic acids is 1. The highest BCUT2D eigenvalue weighted by molar-refractivity contribution is 6.33. The Kier molecular flexibility index (Phi) is 6.28. The monoisotopic (exact) mass is 364 g/mol. The number of likely N-dealkylation sites (N-methyl/N-ethyl adjacent to an activating group) is 1. The van der Waals surface area contributed by atoms with Gasteiger partial charge in [-0.15, -0.1) is 0 Å². The van der Waals surface area contributed by atoms with Crippen LogP contribution in [0.1, 0.15) is 18.9 Å². The Balaban J connectivity index is 2.02. The van der Waals surface area contributed by atoms with Crippen LogP contribution in [0.15, 0.2) is 12.3 Å². The maximum atomic E-state index is 12.7. The van der Waals surface area contributed by atoms with Gasteiger partial charge in [-0.05, 0) is 19.4 Å². The van der Waals surface area contributed by atoms with E-state index in [-0.39, 0.29) is 10.9 Å². The Morgan fingerprint density at radius 2 is 2.08 bits per heavy atom. The van der Waals surface area contributed by atoms with Crippen molar-refractivity contribution in [1.82, 2.24) is 15.2 Å². The van der Waals surface area contributed by atoms with Gasteiger partial charge in [0.15, 0.2) is 0 Å². The van der Waals surface area contributed by atoms with Gasteiger partial charge in [0.05, 0.1) is 17.1 Å². The zero-order valence-corrected chi connectivity index (χ0v) is 14.1. The lowest BCUT2D eigenvalue weighted by Crippen LogP contribution is -2.39. The van der Waals surface area contributed by atoms with Crippen molar-refractivity contribution in [2.45, 2.75) is 19.5 Å². The minimum atomic E-state index is -4.46. The molecule has 1 aliphatic rings. The van der Waals surface area contributed by atoms with E-state index in [4.69, 9.17) is 11.6 Å². The van der Waals surface area contributed by atoms with Gasteiger partial charge in [-0.2, -0.15) is 13.2 Å². The molecule has 2 heterocycles. The number of rotatable bonds is 4. The second-order valence-corrected chi connectivity index (χ2v) is 6.00. The van der Waals surface area contributed by atoms with Crippen LogP contribution < -0.4 is 10.2 Å². The van der Waals surface area contributed by atoms with Crippen molar-refractivity contribution < 1.29 is 18.0 Å². The molecule has 1 N–H and O–H groups in total. The number of halogens is 4. The highest BCUT2D eigenvalue weighted by Gasteiger charge is 2.32. The van der Waals surface area contributed by atoms with Crippen LogP contribution in [0.25, 0.3) is 0 Å². The van der Waals surface area contributed by atoms with Crippen molar-refractivity contribution in [3.8, 4) is 0 Å². The Morgan fingerprint density at radius 1 is 1.33 bits per heavy atom. The van der Waals surface area contributed by atoms with E-state index in [1.807, 2.05) is 16.7 Å². The number of nitrogens with one attached hydrogen (secondary N) is 1. The first-order valence-electron chi connectivity index (χ1n) is 7.78. The van der Waals surface area contributed by atoms with Gasteiger partial charge in [-0.3, -0.25) is 9.69 Å². The third-order valence-electron chi connectivity index (χ3n) is 3.78. The summed E-state index contributed by atoms with van der Waals surface area (Å²) in [5, 5.41) is 2.74. The SMILES string of the molecule is CCNC(=O)CN1CCCN(c2ncc(C(F)(F)F)cc2Cl)CC1. The van der Waals surface area contributed by atoms with Crippen LogP contribution in [0.4, 0.5) is 19.0 Å². The van der Waals surface area contributed by atoms with Gasteiger partial charge >= 0.3 is 6.18 Å². The van der Waals surface area contributed by atoms with Gasteiger partial charge in [-0.1, -0.05) is 11.6 Å². The second kappa shape index (κ2) is 8.02. The largest absolute Gasteiger partial charge is 0.417 e. The second-order valence-electron chi connectivity index (χ2n) is 5.60. The number of alkyl halides is 3. The van der Waals surface area contributed by atoms with Gasteiger partial charge in [0.2, 0.25) is 5.91 Å². The predicted octanol–water partition coefficient (Wildman–Crippen LogP) is 2.40. The van der Waals surface area contributed by atoms with E-state index >= 15 is 0 Å². The summed E-state index contributed by atoms with van der Waals surface area (Å²) in [6, 6.07) is 0.904. The number of pyridine rings is 1. The molecule has 0 atom stereocenters. The molecule has 5 nitrogen and oxygen atoms in total. The van der Waals surface area contributed by atoms with Crippen LogP contribution in [0.2, 0.25) is 5.02 Å². The standard InChI is InChI=1S/C15H20ClF3N4O/c1-2-20-13(24)10-22-4-3-5-23(7-6-22)14-12(16)8-11(9-21-14)15(17,18)19/h8-9H,2-7,10H2,1H3,(H,20,24). The summed E-state index contributed by atoms with van der Waals surface area (Å²) in [6.07, 6.45) is -2.88. The van der Waals surface area contributed by atoms with E-state index in [1.165, 1.54) is 0 Å². The van der Waals surface area contributed by atoms with Crippen LogP contribution in [-0.2, 0) is 11.0 Å². The van der Waals surface area contributed by atoms with Crippen molar-refractivity contribution >= 4 is 23.3 Å². The maximum Gasteiger partial charge on any atom is 0.417 e. The molecule has 0 aliphatic carbocycles. The number of hydrogen-bond donors (Lipinski definition) is 1. The maximum absolute atomic E-state index is 12.7. The molecule has 9 heteroatoms. The smallest absolute Gasteiger partial charge is 0.355 e. The minimum Gasteiger partial charge on any atom is -0.355 e. The first-order chi connectivity index (χ1) is 11.3. The summed E-state index contributed by atoms with van der Waals surface area (Å²) < 4.78 is 38.1. The number of hydrogen-bond acceptors (Lipinski definition) is 4. The summed E-state index contributed by atoms with van der Waals surface area (Å²) in [5.41, 5.74) is -0.857. The molecular weight excluding hydrogens is 345 g/mol. The summed E-state index contributed by atoms with van der Waals surface area (Å²) in [6.45, 7) is 5.31. The summed E-state index contributed by atoms with van der Waals surface area (Å²) in [4.78, 5) is 19.4. The molecule has 1 saturated heterocycles. The first kappa shape index (κ1) is 18.8. The highest BCUT2D eigenvalue weighted by Crippen LogP contribution is 2.33. The molecular formula is C15H20ClF3N4O. The number of carbonyl (C=O) groups is 1. The molecule has 0 aromatic carbocycles. The lowest BCUT2D eigenvalue weighted by atomic mass is 10.2. The van der Waals surface area contributed by atoms with Gasteiger partial charge in [0, 0.05) is 38.9 Å². The van der Waals surface area contributed by atoms with E-state index in [9.17, 15) is 18.0 Å². The fourth-order valence-electron chi connectivity index (χ4n) is 2.62. The van der Waals surface area contributed by atoms with Crippen molar-refractivity contribution in [2.24, 2.45) is 0 Å².